The average Bonchev–Trinajstić information content (AvgIpc) is 2.92. The zero-order chi connectivity index (χ0) is 27.8. The molecule has 9 nitrogen and oxygen atoms in total. The van der Waals surface area contributed by atoms with Crippen molar-refractivity contribution in [1.29, 1.82) is 0 Å². The Morgan fingerprint density at radius 2 is 1.68 bits per heavy atom. The second kappa shape index (κ2) is 17.5. The van der Waals surface area contributed by atoms with Crippen LogP contribution in [-0.4, -0.2) is 104 Å². The van der Waals surface area contributed by atoms with Crippen molar-refractivity contribution in [2.24, 2.45) is 0 Å². The lowest BCUT2D eigenvalue weighted by molar-refractivity contribution is -0.136. The van der Waals surface area contributed by atoms with Gasteiger partial charge in [-0.3, -0.25) is 14.5 Å². The molecule has 2 aliphatic rings. The second-order valence-corrected chi connectivity index (χ2v) is 9.12. The molecule has 1 N–H and O–H groups in total. The minimum atomic E-state index is -0.508. The molecule has 208 valence electrons. The number of methoxy groups -OCH3 is 1. The van der Waals surface area contributed by atoms with Gasteiger partial charge in [-0.05, 0) is 39.8 Å². The molecular formula is C28H46N4O5. The van der Waals surface area contributed by atoms with Gasteiger partial charge in [-0.1, -0.05) is 32.0 Å². The number of esters is 1. The predicted molar refractivity (Wildman–Crippen MR) is 146 cm³/mol. The van der Waals surface area contributed by atoms with Crippen LogP contribution in [0.25, 0.3) is 0 Å². The molecule has 0 spiro atoms. The van der Waals surface area contributed by atoms with Crippen molar-refractivity contribution in [2.45, 2.75) is 59.7 Å². The van der Waals surface area contributed by atoms with Crippen LogP contribution in [0, 0.1) is 0 Å². The van der Waals surface area contributed by atoms with Gasteiger partial charge in [0.05, 0.1) is 7.11 Å². The molecule has 2 amide bonds. The van der Waals surface area contributed by atoms with Crippen molar-refractivity contribution in [2.75, 3.05) is 53.0 Å². The van der Waals surface area contributed by atoms with E-state index in [0.717, 1.165) is 38.0 Å². The summed E-state index contributed by atoms with van der Waals surface area (Å²) in [6.45, 7) is 17.4. The zero-order valence-electron chi connectivity index (χ0n) is 23.6. The predicted octanol–water partition coefficient (Wildman–Crippen LogP) is 2.57. The van der Waals surface area contributed by atoms with Crippen LogP contribution in [0.4, 0.5) is 0 Å². The summed E-state index contributed by atoms with van der Waals surface area (Å²) in [6.07, 6.45) is 2.40. The SMILES string of the molecule is CC.CC(C)N1CCN(C(=O)COc2ccccc2)CC1C.COC(=O)/C=C/C(=O)N1CCNC(C)C1. The number of piperazine rings is 2. The second-order valence-electron chi connectivity index (χ2n) is 9.12. The van der Waals surface area contributed by atoms with E-state index in [1.54, 1.807) is 4.90 Å². The number of amides is 2. The number of benzene rings is 1. The molecule has 2 fully saturated rings. The first-order valence-corrected chi connectivity index (χ1v) is 13.2. The number of nitrogens with one attached hydrogen (secondary N) is 1. The van der Waals surface area contributed by atoms with Gasteiger partial charge >= 0.3 is 5.97 Å². The fourth-order valence-electron chi connectivity index (χ4n) is 4.16. The highest BCUT2D eigenvalue weighted by atomic mass is 16.5. The number of para-hydroxylation sites is 1. The van der Waals surface area contributed by atoms with Gasteiger partial charge in [0, 0.05) is 69.5 Å². The summed E-state index contributed by atoms with van der Waals surface area (Å²) in [5, 5.41) is 3.23. The van der Waals surface area contributed by atoms with Gasteiger partial charge in [-0.2, -0.15) is 0 Å². The molecule has 2 aliphatic heterocycles. The molecule has 0 radical (unpaired) electrons. The summed E-state index contributed by atoms with van der Waals surface area (Å²) in [5.41, 5.74) is 0. The molecule has 2 unspecified atom stereocenters. The summed E-state index contributed by atoms with van der Waals surface area (Å²) in [5.74, 6) is 0.166. The third-order valence-corrected chi connectivity index (χ3v) is 6.04. The van der Waals surface area contributed by atoms with E-state index >= 15 is 0 Å². The number of carbonyl (C=O) groups is 3. The first kappa shape index (κ1) is 32.1. The van der Waals surface area contributed by atoms with E-state index in [2.05, 4.69) is 35.7 Å². The van der Waals surface area contributed by atoms with Crippen molar-refractivity contribution in [1.82, 2.24) is 20.0 Å². The Bertz CT molecular complexity index is 846. The fraction of sp³-hybridized carbons (Fsp3) is 0.607. The Morgan fingerprint density at radius 3 is 2.24 bits per heavy atom. The number of hydrogen-bond acceptors (Lipinski definition) is 7. The Balaban J connectivity index is 0.000000360. The van der Waals surface area contributed by atoms with Crippen LogP contribution in [0.1, 0.15) is 41.5 Å². The Hall–Kier alpha value is -2.91. The van der Waals surface area contributed by atoms with Crippen LogP contribution in [-0.2, 0) is 19.1 Å². The minimum absolute atomic E-state index is 0.0732. The van der Waals surface area contributed by atoms with Crippen LogP contribution >= 0.6 is 0 Å². The van der Waals surface area contributed by atoms with E-state index in [9.17, 15) is 14.4 Å². The van der Waals surface area contributed by atoms with E-state index in [4.69, 9.17) is 4.74 Å². The van der Waals surface area contributed by atoms with Gasteiger partial charge < -0.3 is 24.6 Å². The summed E-state index contributed by atoms with van der Waals surface area (Å²) < 4.78 is 9.93. The number of hydrogen-bond donors (Lipinski definition) is 1. The molecule has 1 aromatic rings. The number of carbonyl (C=O) groups excluding carboxylic acids is 3. The third-order valence-electron chi connectivity index (χ3n) is 6.04. The highest BCUT2D eigenvalue weighted by Gasteiger charge is 2.28. The Labute approximate surface area is 222 Å². The number of rotatable bonds is 6. The van der Waals surface area contributed by atoms with Crippen LogP contribution in [0.3, 0.4) is 0 Å². The topological polar surface area (TPSA) is 91.4 Å². The van der Waals surface area contributed by atoms with E-state index in [1.807, 2.05) is 56.0 Å². The van der Waals surface area contributed by atoms with Gasteiger partial charge in [-0.25, -0.2) is 4.79 Å². The first-order chi connectivity index (χ1) is 17.7. The summed E-state index contributed by atoms with van der Waals surface area (Å²) in [6, 6.07) is 10.7. The maximum atomic E-state index is 12.2. The third kappa shape index (κ3) is 11.8. The highest BCUT2D eigenvalue weighted by molar-refractivity contribution is 5.94. The van der Waals surface area contributed by atoms with Gasteiger partial charge in [0.25, 0.3) is 5.91 Å². The highest BCUT2D eigenvalue weighted by Crippen LogP contribution is 2.14. The summed E-state index contributed by atoms with van der Waals surface area (Å²) in [7, 11) is 1.28. The smallest absolute Gasteiger partial charge is 0.330 e. The fourth-order valence-corrected chi connectivity index (χ4v) is 4.16. The molecule has 0 saturated carbocycles. The van der Waals surface area contributed by atoms with E-state index in [0.29, 0.717) is 31.2 Å². The molecule has 2 atom stereocenters. The molecular weight excluding hydrogens is 472 g/mol. The monoisotopic (exact) mass is 518 g/mol. The van der Waals surface area contributed by atoms with Crippen molar-refractivity contribution in [3.05, 3.63) is 42.5 Å². The Morgan fingerprint density at radius 1 is 1.00 bits per heavy atom. The minimum Gasteiger partial charge on any atom is -0.484 e. The molecule has 2 heterocycles. The molecule has 0 aromatic heterocycles. The normalized spacial score (nSPS) is 19.9. The average molecular weight is 519 g/mol. The molecule has 2 saturated heterocycles. The standard InChI is InChI=1S/C16H24N2O2.C10H16N2O3.C2H6/c1-13(2)18-10-9-17(11-14(18)3)16(19)12-20-15-7-5-4-6-8-15;1-8-7-12(6-5-11-8)9(13)3-4-10(14)15-2;1-2/h4-8,13-14H,9-12H2,1-3H3;3-4,8,11H,5-7H2,1-2H3;1-2H3/b;4-3+;. The van der Waals surface area contributed by atoms with Crippen LogP contribution < -0.4 is 10.1 Å². The first-order valence-electron chi connectivity index (χ1n) is 13.2. The van der Waals surface area contributed by atoms with Gasteiger partial charge in [-0.15, -0.1) is 0 Å². The van der Waals surface area contributed by atoms with Crippen molar-refractivity contribution >= 4 is 17.8 Å². The van der Waals surface area contributed by atoms with E-state index in [1.165, 1.54) is 13.2 Å². The molecule has 0 aliphatic carbocycles. The zero-order valence-corrected chi connectivity index (χ0v) is 23.6. The van der Waals surface area contributed by atoms with Crippen LogP contribution in [0.5, 0.6) is 5.75 Å². The molecule has 3 rings (SSSR count). The van der Waals surface area contributed by atoms with Crippen LogP contribution in [0.15, 0.2) is 42.5 Å². The Kier molecular flexibility index (Phi) is 15.2. The van der Waals surface area contributed by atoms with Gasteiger partial charge in [0.15, 0.2) is 6.61 Å². The quantitative estimate of drug-likeness (QED) is 0.457. The lowest BCUT2D eigenvalue weighted by Gasteiger charge is -2.42. The lowest BCUT2D eigenvalue weighted by atomic mass is 10.1. The molecule has 0 bridgehead atoms. The summed E-state index contributed by atoms with van der Waals surface area (Å²) >= 11 is 0. The van der Waals surface area contributed by atoms with Crippen molar-refractivity contribution in [3.8, 4) is 5.75 Å². The van der Waals surface area contributed by atoms with E-state index in [-0.39, 0.29) is 18.4 Å². The lowest BCUT2D eigenvalue weighted by Crippen LogP contribution is -2.56. The molecule has 37 heavy (non-hydrogen) atoms. The van der Waals surface area contributed by atoms with E-state index < -0.39 is 5.97 Å². The van der Waals surface area contributed by atoms with Gasteiger partial charge in [0.2, 0.25) is 5.91 Å². The van der Waals surface area contributed by atoms with Crippen molar-refractivity contribution < 1.29 is 23.9 Å². The van der Waals surface area contributed by atoms with Crippen LogP contribution in [0.2, 0.25) is 0 Å². The van der Waals surface area contributed by atoms with Gasteiger partial charge in [0.1, 0.15) is 5.75 Å². The number of nitrogens with zero attached hydrogens (tertiary/aromatic N) is 3. The summed E-state index contributed by atoms with van der Waals surface area (Å²) in [4.78, 5) is 40.6. The molecule has 1 aromatic carbocycles. The number of ether oxygens (including phenoxy) is 2. The maximum Gasteiger partial charge on any atom is 0.330 e. The largest absolute Gasteiger partial charge is 0.484 e. The molecule has 9 heteroatoms. The van der Waals surface area contributed by atoms with Crippen molar-refractivity contribution in [3.63, 3.8) is 0 Å². The maximum absolute atomic E-state index is 12.2.